The molecule has 4 rings (SSSR count). The summed E-state index contributed by atoms with van der Waals surface area (Å²) in [6.07, 6.45) is 0. The number of aryl methyl sites for hydroxylation is 1. The third-order valence-corrected chi connectivity index (χ3v) is 5.30. The lowest BCUT2D eigenvalue weighted by Gasteiger charge is -2.36. The number of hydrogen-bond donors (Lipinski definition) is 0. The molecule has 1 fully saturated rings. The molecule has 0 bridgehead atoms. The van der Waals surface area contributed by atoms with Crippen molar-refractivity contribution in [2.24, 2.45) is 0 Å². The standard InChI is InChI=1S/C20H20Cl2N4O/c1-14-2-5-17(22)12-18(14)26-10-8-25(9-11-26)13-19-23-20(24-27-19)15-3-6-16(21)7-4-15/h2-7,12H,8-11,13H2,1H3. The van der Waals surface area contributed by atoms with Crippen LogP contribution in [0.3, 0.4) is 0 Å². The molecule has 1 aliphatic heterocycles. The molecule has 1 aliphatic rings. The quantitative estimate of drug-likeness (QED) is 0.633. The van der Waals surface area contributed by atoms with E-state index in [1.807, 2.05) is 36.4 Å². The van der Waals surface area contributed by atoms with E-state index in [1.165, 1.54) is 11.3 Å². The van der Waals surface area contributed by atoms with Crippen molar-refractivity contribution in [1.82, 2.24) is 15.0 Å². The monoisotopic (exact) mass is 402 g/mol. The third-order valence-electron chi connectivity index (χ3n) is 4.81. The zero-order chi connectivity index (χ0) is 18.8. The van der Waals surface area contributed by atoms with Gasteiger partial charge in [-0.1, -0.05) is 34.4 Å². The molecule has 2 aromatic carbocycles. The molecule has 0 radical (unpaired) electrons. The van der Waals surface area contributed by atoms with Gasteiger partial charge in [-0.25, -0.2) is 0 Å². The molecule has 2 heterocycles. The van der Waals surface area contributed by atoms with E-state index in [0.29, 0.717) is 23.3 Å². The lowest BCUT2D eigenvalue weighted by molar-refractivity contribution is 0.215. The van der Waals surface area contributed by atoms with Crippen LogP contribution in [-0.2, 0) is 6.54 Å². The smallest absolute Gasteiger partial charge is 0.241 e. The summed E-state index contributed by atoms with van der Waals surface area (Å²) in [6, 6.07) is 13.5. The molecule has 1 saturated heterocycles. The van der Waals surface area contributed by atoms with E-state index in [-0.39, 0.29) is 0 Å². The lowest BCUT2D eigenvalue weighted by Crippen LogP contribution is -2.46. The topological polar surface area (TPSA) is 45.4 Å². The van der Waals surface area contributed by atoms with Gasteiger partial charge in [-0.3, -0.25) is 4.90 Å². The molecule has 0 amide bonds. The van der Waals surface area contributed by atoms with Crippen LogP contribution in [0.25, 0.3) is 11.4 Å². The van der Waals surface area contributed by atoms with Gasteiger partial charge in [-0.05, 0) is 48.9 Å². The van der Waals surface area contributed by atoms with Crippen molar-refractivity contribution < 1.29 is 4.52 Å². The molecule has 0 atom stereocenters. The Balaban J connectivity index is 1.37. The summed E-state index contributed by atoms with van der Waals surface area (Å²) >= 11 is 12.1. The van der Waals surface area contributed by atoms with Gasteiger partial charge in [0.05, 0.1) is 6.54 Å². The Morgan fingerprint density at radius 2 is 1.67 bits per heavy atom. The Hall–Kier alpha value is -2.08. The highest BCUT2D eigenvalue weighted by Gasteiger charge is 2.21. The summed E-state index contributed by atoms with van der Waals surface area (Å²) in [7, 11) is 0. The van der Waals surface area contributed by atoms with E-state index in [4.69, 9.17) is 27.7 Å². The maximum atomic E-state index is 6.16. The van der Waals surface area contributed by atoms with Crippen LogP contribution >= 0.6 is 23.2 Å². The van der Waals surface area contributed by atoms with Gasteiger partial charge in [0.2, 0.25) is 11.7 Å². The average molecular weight is 403 g/mol. The molecule has 5 nitrogen and oxygen atoms in total. The fourth-order valence-electron chi connectivity index (χ4n) is 3.30. The number of hydrogen-bond acceptors (Lipinski definition) is 5. The summed E-state index contributed by atoms with van der Waals surface area (Å²) in [4.78, 5) is 9.22. The molecule has 0 unspecified atom stereocenters. The molecule has 140 valence electrons. The van der Waals surface area contributed by atoms with E-state index in [2.05, 4.69) is 32.9 Å². The van der Waals surface area contributed by atoms with Crippen molar-refractivity contribution in [3.8, 4) is 11.4 Å². The molecule has 0 aliphatic carbocycles. The van der Waals surface area contributed by atoms with Crippen LogP contribution in [0.4, 0.5) is 5.69 Å². The predicted octanol–water partition coefficient (Wildman–Crippen LogP) is 4.67. The number of anilines is 1. The van der Waals surface area contributed by atoms with Gasteiger partial charge in [0, 0.05) is 47.5 Å². The van der Waals surface area contributed by atoms with Crippen LogP contribution < -0.4 is 4.90 Å². The summed E-state index contributed by atoms with van der Waals surface area (Å²) in [5, 5.41) is 5.55. The first-order valence-electron chi connectivity index (χ1n) is 8.90. The fourth-order valence-corrected chi connectivity index (χ4v) is 3.59. The minimum absolute atomic E-state index is 0.592. The normalized spacial score (nSPS) is 15.3. The van der Waals surface area contributed by atoms with Gasteiger partial charge in [-0.2, -0.15) is 4.98 Å². The van der Waals surface area contributed by atoms with Gasteiger partial charge in [0.1, 0.15) is 0 Å². The highest BCUT2D eigenvalue weighted by molar-refractivity contribution is 6.31. The Bertz CT molecular complexity index is 918. The third kappa shape index (κ3) is 4.26. The van der Waals surface area contributed by atoms with Crippen LogP contribution in [0, 0.1) is 6.92 Å². The van der Waals surface area contributed by atoms with Crippen LogP contribution in [0.2, 0.25) is 10.0 Å². The van der Waals surface area contributed by atoms with Gasteiger partial charge < -0.3 is 9.42 Å². The van der Waals surface area contributed by atoms with Crippen LogP contribution in [0.15, 0.2) is 47.0 Å². The molecule has 3 aromatic rings. The second kappa shape index (κ2) is 7.89. The number of benzene rings is 2. The number of halogens is 2. The van der Waals surface area contributed by atoms with Gasteiger partial charge in [-0.15, -0.1) is 0 Å². The maximum absolute atomic E-state index is 6.16. The van der Waals surface area contributed by atoms with Crippen molar-refractivity contribution >= 4 is 28.9 Å². The van der Waals surface area contributed by atoms with Crippen LogP contribution in [0.1, 0.15) is 11.5 Å². The van der Waals surface area contributed by atoms with E-state index < -0.39 is 0 Å². The van der Waals surface area contributed by atoms with E-state index in [1.54, 1.807) is 0 Å². The summed E-state index contributed by atoms with van der Waals surface area (Å²) in [5.41, 5.74) is 3.36. The number of piperazine rings is 1. The van der Waals surface area contributed by atoms with E-state index in [9.17, 15) is 0 Å². The first kappa shape index (κ1) is 18.3. The van der Waals surface area contributed by atoms with E-state index in [0.717, 1.165) is 36.8 Å². The Kier molecular flexibility index (Phi) is 5.34. The molecule has 0 saturated carbocycles. The van der Waals surface area contributed by atoms with Crippen molar-refractivity contribution in [2.75, 3.05) is 31.1 Å². The Labute approximate surface area is 168 Å². The maximum Gasteiger partial charge on any atom is 0.241 e. The van der Waals surface area contributed by atoms with Gasteiger partial charge in [0.15, 0.2) is 0 Å². The first-order valence-corrected chi connectivity index (χ1v) is 9.66. The minimum Gasteiger partial charge on any atom is -0.369 e. The van der Waals surface area contributed by atoms with Crippen LogP contribution in [-0.4, -0.2) is 41.2 Å². The predicted molar refractivity (Wildman–Crippen MR) is 108 cm³/mol. The largest absolute Gasteiger partial charge is 0.369 e. The van der Waals surface area contributed by atoms with Crippen molar-refractivity contribution in [2.45, 2.75) is 13.5 Å². The molecule has 0 spiro atoms. The highest BCUT2D eigenvalue weighted by Crippen LogP contribution is 2.26. The molecule has 0 N–H and O–H groups in total. The lowest BCUT2D eigenvalue weighted by atomic mass is 10.1. The van der Waals surface area contributed by atoms with Crippen LogP contribution in [0.5, 0.6) is 0 Å². The first-order chi connectivity index (χ1) is 13.1. The molecular formula is C20H20Cl2N4O. The van der Waals surface area contributed by atoms with Crippen molar-refractivity contribution in [3.63, 3.8) is 0 Å². The Morgan fingerprint density at radius 3 is 2.41 bits per heavy atom. The summed E-state index contributed by atoms with van der Waals surface area (Å²) in [5.74, 6) is 1.22. The molecule has 7 heteroatoms. The Morgan fingerprint density at radius 1 is 0.963 bits per heavy atom. The van der Waals surface area contributed by atoms with Crippen molar-refractivity contribution in [1.29, 1.82) is 0 Å². The number of rotatable bonds is 4. The van der Waals surface area contributed by atoms with Crippen molar-refractivity contribution in [3.05, 3.63) is 64.0 Å². The summed E-state index contributed by atoms with van der Waals surface area (Å²) < 4.78 is 5.43. The molecular weight excluding hydrogens is 383 g/mol. The second-order valence-electron chi connectivity index (χ2n) is 6.71. The molecule has 1 aromatic heterocycles. The zero-order valence-electron chi connectivity index (χ0n) is 15.0. The zero-order valence-corrected chi connectivity index (χ0v) is 16.5. The average Bonchev–Trinajstić information content (AvgIpc) is 3.13. The van der Waals surface area contributed by atoms with E-state index >= 15 is 0 Å². The SMILES string of the molecule is Cc1ccc(Cl)cc1N1CCN(Cc2nc(-c3ccc(Cl)cc3)no2)CC1. The molecule has 27 heavy (non-hydrogen) atoms. The highest BCUT2D eigenvalue weighted by atomic mass is 35.5. The number of nitrogens with zero attached hydrogens (tertiary/aromatic N) is 4. The fraction of sp³-hybridized carbons (Fsp3) is 0.300. The van der Waals surface area contributed by atoms with Gasteiger partial charge >= 0.3 is 0 Å². The minimum atomic E-state index is 0.592. The number of aromatic nitrogens is 2. The second-order valence-corrected chi connectivity index (χ2v) is 7.59. The van der Waals surface area contributed by atoms with Gasteiger partial charge in [0.25, 0.3) is 0 Å². The summed E-state index contributed by atoms with van der Waals surface area (Å²) in [6.45, 7) is 6.53.